The first-order valence-corrected chi connectivity index (χ1v) is 11.4. The third-order valence-electron chi connectivity index (χ3n) is 9.27. The number of carbonyl (C=O) groups is 2. The number of hydrogen-bond donors (Lipinski definition) is 0. The predicted molar refractivity (Wildman–Crippen MR) is 118 cm³/mol. The van der Waals surface area contributed by atoms with Crippen LogP contribution in [0.2, 0.25) is 0 Å². The number of carbonyl (C=O) groups excluding carboxylic acids is 2. The van der Waals surface area contributed by atoms with Crippen LogP contribution in [0.3, 0.4) is 0 Å². The van der Waals surface area contributed by atoms with E-state index < -0.39 is 16.9 Å². The maximum absolute atomic E-state index is 13.8. The van der Waals surface area contributed by atoms with Crippen LogP contribution < -0.4 is 9.64 Å². The molecule has 5 bridgehead atoms. The molecular formula is C25H30N2O5. The van der Waals surface area contributed by atoms with Crippen LogP contribution in [-0.2, 0) is 24.5 Å². The average molecular weight is 439 g/mol. The van der Waals surface area contributed by atoms with Crippen molar-refractivity contribution in [1.82, 2.24) is 4.90 Å². The standard InChI is InChI=1S/C25H30N2O5/c1-6-14-12-27-19-10-16(14)25(23(29)31-5)20(27)11-24(22(25)32-13(2)28)17-9-15(30-4)7-8-18(17)26(3)21(19)24/h6-9,16,19-22H,10-12H2,1-5H3/b14-6+/t16-,19-,20-,21-,22?,24+,25?/m0/s1. The van der Waals surface area contributed by atoms with Gasteiger partial charge in [-0.2, -0.15) is 0 Å². The van der Waals surface area contributed by atoms with E-state index in [1.54, 1.807) is 7.11 Å². The Hall–Kier alpha value is -2.54. The summed E-state index contributed by atoms with van der Waals surface area (Å²) in [5, 5.41) is 0. The Labute approximate surface area is 188 Å². The van der Waals surface area contributed by atoms with E-state index in [0.717, 1.165) is 36.4 Å². The van der Waals surface area contributed by atoms with Crippen molar-refractivity contribution in [3.8, 4) is 5.75 Å². The molecular weight excluding hydrogens is 408 g/mol. The minimum Gasteiger partial charge on any atom is -0.497 e. The van der Waals surface area contributed by atoms with Crippen molar-refractivity contribution in [3.63, 3.8) is 0 Å². The SMILES string of the molecule is C/C=C1\CN2[C@H]3C[C@@]45c6cc(OC)ccc6N(C)[C@H]4[C@@H]2C[C@@H]1C3(C(=O)OC)C5OC(C)=O. The fraction of sp³-hybridized carbons (Fsp3) is 0.600. The third-order valence-corrected chi connectivity index (χ3v) is 9.27. The van der Waals surface area contributed by atoms with E-state index in [4.69, 9.17) is 14.2 Å². The lowest BCUT2D eigenvalue weighted by molar-refractivity contribution is -0.187. The molecule has 6 aliphatic rings. The van der Waals surface area contributed by atoms with Crippen LogP contribution in [0.5, 0.6) is 5.75 Å². The highest BCUT2D eigenvalue weighted by molar-refractivity contribution is 5.85. The third kappa shape index (κ3) is 1.94. The summed E-state index contributed by atoms with van der Waals surface area (Å²) in [5.41, 5.74) is 2.12. The molecule has 5 aliphatic heterocycles. The number of anilines is 1. The Morgan fingerprint density at radius 2 is 2.03 bits per heavy atom. The molecule has 1 aromatic carbocycles. The zero-order valence-corrected chi connectivity index (χ0v) is 19.3. The van der Waals surface area contributed by atoms with Crippen LogP contribution in [0.1, 0.15) is 32.3 Å². The van der Waals surface area contributed by atoms with Crippen molar-refractivity contribution in [2.24, 2.45) is 11.3 Å². The number of benzene rings is 1. The summed E-state index contributed by atoms with van der Waals surface area (Å²) in [6.07, 6.45) is 3.18. The normalized spacial score (nSPS) is 43.3. The zero-order valence-electron chi connectivity index (χ0n) is 19.3. The van der Waals surface area contributed by atoms with Gasteiger partial charge in [0.15, 0.2) is 0 Å². The number of likely N-dealkylation sites (N-methyl/N-ethyl adjacent to an activating group) is 1. The van der Waals surface area contributed by atoms with Crippen LogP contribution in [0.15, 0.2) is 29.8 Å². The van der Waals surface area contributed by atoms with E-state index in [0.29, 0.717) is 0 Å². The number of hydrogen-bond acceptors (Lipinski definition) is 7. The predicted octanol–water partition coefficient (Wildman–Crippen LogP) is 2.28. The van der Waals surface area contributed by atoms with Crippen LogP contribution >= 0.6 is 0 Å². The minimum atomic E-state index is -0.905. The lowest BCUT2D eigenvalue weighted by Crippen LogP contribution is -2.71. The van der Waals surface area contributed by atoms with Gasteiger partial charge in [0.2, 0.25) is 0 Å². The summed E-state index contributed by atoms with van der Waals surface area (Å²) in [6.45, 7) is 4.36. The summed E-state index contributed by atoms with van der Waals surface area (Å²) in [4.78, 5) is 31.2. The fourth-order valence-electron chi connectivity index (χ4n) is 8.45. The summed E-state index contributed by atoms with van der Waals surface area (Å²) in [7, 11) is 5.26. The molecule has 3 unspecified atom stereocenters. The second-order valence-electron chi connectivity index (χ2n) is 10.0. The number of fused-ring (bicyclic) bond motifs is 2. The molecule has 0 radical (unpaired) electrons. The number of esters is 2. The quantitative estimate of drug-likeness (QED) is 0.530. The zero-order chi connectivity index (χ0) is 22.6. The van der Waals surface area contributed by atoms with Gasteiger partial charge >= 0.3 is 11.9 Å². The molecule has 1 aliphatic carbocycles. The fourth-order valence-corrected chi connectivity index (χ4v) is 8.45. The van der Waals surface area contributed by atoms with Gasteiger partial charge in [0, 0.05) is 44.2 Å². The summed E-state index contributed by atoms with van der Waals surface area (Å²) in [5.74, 6) is 0.184. The molecule has 4 saturated heterocycles. The van der Waals surface area contributed by atoms with Crippen LogP contribution in [0.4, 0.5) is 5.69 Å². The Bertz CT molecular complexity index is 1070. The number of allylic oxidation sites excluding steroid dienone is 1. The van der Waals surface area contributed by atoms with Crippen molar-refractivity contribution in [3.05, 3.63) is 35.4 Å². The molecule has 1 spiro atoms. The van der Waals surface area contributed by atoms with Gasteiger partial charge in [-0.1, -0.05) is 11.6 Å². The van der Waals surface area contributed by atoms with E-state index in [2.05, 4.69) is 35.1 Å². The van der Waals surface area contributed by atoms with Crippen molar-refractivity contribution >= 4 is 17.6 Å². The molecule has 0 amide bonds. The molecule has 5 fully saturated rings. The minimum absolute atomic E-state index is 0.0109. The molecule has 1 saturated carbocycles. The number of rotatable bonds is 3. The van der Waals surface area contributed by atoms with Crippen molar-refractivity contribution in [2.75, 3.05) is 32.7 Å². The van der Waals surface area contributed by atoms with E-state index in [9.17, 15) is 9.59 Å². The van der Waals surface area contributed by atoms with Gasteiger partial charge in [0.25, 0.3) is 0 Å². The molecule has 7 heteroatoms. The smallest absolute Gasteiger partial charge is 0.317 e. The highest BCUT2D eigenvalue weighted by atomic mass is 16.6. The molecule has 0 aromatic heterocycles. The molecule has 7 rings (SSSR count). The summed E-state index contributed by atoms with van der Waals surface area (Å²) < 4.78 is 17.3. The van der Waals surface area contributed by atoms with Gasteiger partial charge < -0.3 is 19.1 Å². The molecule has 1 aromatic rings. The number of ether oxygens (including phenoxy) is 3. The Balaban J connectivity index is 1.68. The van der Waals surface area contributed by atoms with Crippen LogP contribution in [0, 0.1) is 11.3 Å². The van der Waals surface area contributed by atoms with Gasteiger partial charge in [-0.15, -0.1) is 0 Å². The summed E-state index contributed by atoms with van der Waals surface area (Å²) in [6, 6.07) is 6.55. The number of methoxy groups -OCH3 is 2. The van der Waals surface area contributed by atoms with E-state index in [1.165, 1.54) is 19.6 Å². The lowest BCUT2D eigenvalue weighted by Gasteiger charge is -2.61. The van der Waals surface area contributed by atoms with Gasteiger partial charge in [-0.3, -0.25) is 14.5 Å². The Morgan fingerprint density at radius 1 is 1.25 bits per heavy atom. The molecule has 170 valence electrons. The second kappa shape index (κ2) is 6.28. The van der Waals surface area contributed by atoms with Crippen molar-refractivity contribution in [1.29, 1.82) is 0 Å². The Morgan fingerprint density at radius 3 is 2.69 bits per heavy atom. The van der Waals surface area contributed by atoms with Gasteiger partial charge in [-0.25, -0.2) is 0 Å². The Kier molecular flexibility index (Phi) is 3.94. The summed E-state index contributed by atoms with van der Waals surface area (Å²) >= 11 is 0. The maximum atomic E-state index is 13.8. The molecule has 5 heterocycles. The van der Waals surface area contributed by atoms with E-state index in [1.807, 2.05) is 13.0 Å². The van der Waals surface area contributed by atoms with E-state index in [-0.39, 0.29) is 36.0 Å². The first-order valence-electron chi connectivity index (χ1n) is 11.4. The lowest BCUT2D eigenvalue weighted by atomic mass is 9.58. The number of nitrogens with zero attached hydrogens (tertiary/aromatic N) is 2. The van der Waals surface area contributed by atoms with Crippen molar-refractivity contribution < 1.29 is 23.8 Å². The molecule has 7 nitrogen and oxygen atoms in total. The van der Waals surface area contributed by atoms with Crippen LogP contribution in [0.25, 0.3) is 0 Å². The van der Waals surface area contributed by atoms with Crippen LogP contribution in [-0.4, -0.2) is 68.9 Å². The second-order valence-corrected chi connectivity index (χ2v) is 10.0. The maximum Gasteiger partial charge on any atom is 0.317 e. The van der Waals surface area contributed by atoms with Gasteiger partial charge in [0.1, 0.15) is 17.3 Å². The first kappa shape index (κ1) is 20.1. The number of piperidine rings is 4. The highest BCUT2D eigenvalue weighted by Crippen LogP contribution is 2.73. The average Bonchev–Trinajstić information content (AvgIpc) is 3.18. The molecule has 0 N–H and O–H groups in total. The van der Waals surface area contributed by atoms with E-state index >= 15 is 0 Å². The molecule has 32 heavy (non-hydrogen) atoms. The van der Waals surface area contributed by atoms with Gasteiger partial charge in [-0.05, 0) is 43.5 Å². The topological polar surface area (TPSA) is 68.3 Å². The highest BCUT2D eigenvalue weighted by Gasteiger charge is 2.84. The van der Waals surface area contributed by atoms with Gasteiger partial charge in [0.05, 0.1) is 25.7 Å². The van der Waals surface area contributed by atoms with Crippen molar-refractivity contribution in [2.45, 2.75) is 56.3 Å². The monoisotopic (exact) mass is 438 g/mol. The molecule has 8 atom stereocenters. The first-order chi connectivity index (χ1) is 15.4. The largest absolute Gasteiger partial charge is 0.497 e.